The lowest BCUT2D eigenvalue weighted by atomic mass is 10.1. The van der Waals surface area contributed by atoms with Crippen LogP contribution in [-0.2, 0) is 0 Å². The molecule has 15 heavy (non-hydrogen) atoms. The van der Waals surface area contributed by atoms with E-state index >= 15 is 0 Å². The monoisotopic (exact) mass is 197 g/mol. The van der Waals surface area contributed by atoms with Crippen molar-refractivity contribution in [2.75, 3.05) is 6.61 Å². The lowest BCUT2D eigenvalue weighted by molar-refractivity contribution is 0.350. The van der Waals surface area contributed by atoms with Gasteiger partial charge in [-0.15, -0.1) is 0 Å². The highest BCUT2D eigenvalue weighted by molar-refractivity contribution is 5.80. The van der Waals surface area contributed by atoms with E-state index in [0.29, 0.717) is 0 Å². The molecule has 0 aliphatic rings. The van der Waals surface area contributed by atoms with Crippen molar-refractivity contribution in [3.05, 3.63) is 41.6 Å². The maximum atomic E-state index is 8.59. The lowest BCUT2D eigenvalue weighted by Gasteiger charge is -1.98. The maximum absolute atomic E-state index is 8.59. The number of fused-ring (bicyclic) bond motifs is 1. The van der Waals surface area contributed by atoms with E-state index in [1.165, 1.54) is 0 Å². The largest absolute Gasteiger partial charge is 0.384 e. The molecule has 0 amide bonds. The molecule has 0 radical (unpaired) electrons. The average molecular weight is 197 g/mol. The molecule has 0 saturated heterocycles. The van der Waals surface area contributed by atoms with Crippen molar-refractivity contribution < 1.29 is 5.11 Å². The predicted molar refractivity (Wildman–Crippen MR) is 60.4 cm³/mol. The second kappa shape index (κ2) is 4.12. The third-order valence-corrected chi connectivity index (χ3v) is 2.14. The highest BCUT2D eigenvalue weighted by Gasteiger charge is 1.95. The van der Waals surface area contributed by atoms with E-state index in [-0.39, 0.29) is 6.61 Å². The molecule has 0 fully saturated rings. The Balaban J connectivity index is 2.52. The Morgan fingerprint density at radius 1 is 1.27 bits per heavy atom. The number of hydrogen-bond acceptors (Lipinski definition) is 2. The summed E-state index contributed by atoms with van der Waals surface area (Å²) in [7, 11) is 0. The van der Waals surface area contributed by atoms with Crippen LogP contribution in [0.4, 0.5) is 0 Å². The van der Waals surface area contributed by atoms with Gasteiger partial charge in [0.05, 0.1) is 5.52 Å². The summed E-state index contributed by atoms with van der Waals surface area (Å²) in [5, 5.41) is 9.67. The van der Waals surface area contributed by atoms with Gasteiger partial charge in [0.25, 0.3) is 0 Å². The topological polar surface area (TPSA) is 33.1 Å². The average Bonchev–Trinajstić information content (AvgIpc) is 2.26. The van der Waals surface area contributed by atoms with Crippen LogP contribution in [0.5, 0.6) is 0 Å². The number of aliphatic hydroxyl groups is 1. The number of nitrogens with zero attached hydrogens (tertiary/aromatic N) is 1. The normalized spacial score (nSPS) is 9.73. The second-order valence-corrected chi connectivity index (χ2v) is 3.32. The van der Waals surface area contributed by atoms with Crippen molar-refractivity contribution >= 4 is 10.9 Å². The first kappa shape index (κ1) is 9.70. The van der Waals surface area contributed by atoms with Crippen molar-refractivity contribution in [2.45, 2.75) is 6.92 Å². The van der Waals surface area contributed by atoms with Gasteiger partial charge in [-0.1, -0.05) is 17.9 Å². The number of aliphatic hydroxyl groups excluding tert-OH is 1. The van der Waals surface area contributed by atoms with Gasteiger partial charge in [-0.3, -0.25) is 4.98 Å². The Labute approximate surface area is 88.6 Å². The van der Waals surface area contributed by atoms with E-state index in [0.717, 1.165) is 22.2 Å². The molecule has 2 heteroatoms. The summed E-state index contributed by atoms with van der Waals surface area (Å²) in [5.74, 6) is 5.50. The number of aryl methyl sites for hydroxylation is 1. The molecule has 2 aromatic rings. The zero-order chi connectivity index (χ0) is 10.7. The summed E-state index contributed by atoms with van der Waals surface area (Å²) in [6.07, 6.45) is 0. The lowest BCUT2D eigenvalue weighted by Crippen LogP contribution is -1.84. The summed E-state index contributed by atoms with van der Waals surface area (Å²) in [5.41, 5.74) is 2.89. The fourth-order valence-corrected chi connectivity index (χ4v) is 1.45. The molecule has 2 rings (SSSR count). The molecule has 1 N–H and O–H groups in total. The zero-order valence-electron chi connectivity index (χ0n) is 8.49. The van der Waals surface area contributed by atoms with Crippen LogP contribution in [0.1, 0.15) is 11.3 Å². The van der Waals surface area contributed by atoms with Crippen LogP contribution in [0.3, 0.4) is 0 Å². The van der Waals surface area contributed by atoms with Gasteiger partial charge in [0.2, 0.25) is 0 Å². The van der Waals surface area contributed by atoms with Crippen molar-refractivity contribution in [3.8, 4) is 11.8 Å². The fourth-order valence-electron chi connectivity index (χ4n) is 1.45. The minimum atomic E-state index is -0.107. The smallest absolute Gasteiger partial charge is 0.104 e. The molecular formula is C13H11NO. The zero-order valence-corrected chi connectivity index (χ0v) is 8.49. The van der Waals surface area contributed by atoms with E-state index in [9.17, 15) is 0 Å². The third kappa shape index (κ3) is 2.15. The first-order valence-corrected chi connectivity index (χ1v) is 4.77. The summed E-state index contributed by atoms with van der Waals surface area (Å²) in [4.78, 5) is 4.40. The Kier molecular flexibility index (Phi) is 2.66. The molecule has 0 bridgehead atoms. The maximum Gasteiger partial charge on any atom is 0.104 e. The number of hydrogen-bond donors (Lipinski definition) is 1. The standard InChI is InChI=1S/C13H11NO/c1-10-4-6-12-9-11(3-2-8-15)5-7-13(12)14-10/h4-7,9,15H,8H2,1H3. The van der Waals surface area contributed by atoms with Gasteiger partial charge >= 0.3 is 0 Å². The van der Waals surface area contributed by atoms with Crippen LogP contribution in [0, 0.1) is 18.8 Å². The Morgan fingerprint density at radius 2 is 2.13 bits per heavy atom. The molecule has 0 aliphatic carbocycles. The molecule has 1 heterocycles. The summed E-state index contributed by atoms with van der Waals surface area (Å²) >= 11 is 0. The number of aromatic nitrogens is 1. The number of rotatable bonds is 0. The van der Waals surface area contributed by atoms with Crippen LogP contribution >= 0.6 is 0 Å². The highest BCUT2D eigenvalue weighted by atomic mass is 16.2. The van der Waals surface area contributed by atoms with Gasteiger partial charge < -0.3 is 5.11 Å². The Morgan fingerprint density at radius 3 is 2.93 bits per heavy atom. The van der Waals surface area contributed by atoms with Gasteiger partial charge in [-0.05, 0) is 31.2 Å². The quantitative estimate of drug-likeness (QED) is 0.654. The van der Waals surface area contributed by atoms with E-state index < -0.39 is 0 Å². The van der Waals surface area contributed by atoms with Gasteiger partial charge in [-0.2, -0.15) is 0 Å². The minimum absolute atomic E-state index is 0.107. The third-order valence-electron chi connectivity index (χ3n) is 2.14. The van der Waals surface area contributed by atoms with Gasteiger partial charge in [0, 0.05) is 16.6 Å². The highest BCUT2D eigenvalue weighted by Crippen LogP contribution is 2.13. The predicted octanol–water partition coefficient (Wildman–Crippen LogP) is 1.89. The molecule has 1 aromatic heterocycles. The molecule has 1 aromatic carbocycles. The molecule has 0 unspecified atom stereocenters. The van der Waals surface area contributed by atoms with E-state index in [1.54, 1.807) is 0 Å². The molecule has 0 aliphatic heterocycles. The van der Waals surface area contributed by atoms with Crippen molar-refractivity contribution in [3.63, 3.8) is 0 Å². The molecule has 2 nitrogen and oxygen atoms in total. The van der Waals surface area contributed by atoms with Crippen LogP contribution in [-0.4, -0.2) is 16.7 Å². The Bertz CT molecular complexity index is 549. The van der Waals surface area contributed by atoms with E-state index in [4.69, 9.17) is 5.11 Å². The van der Waals surface area contributed by atoms with Crippen LogP contribution in [0.15, 0.2) is 30.3 Å². The van der Waals surface area contributed by atoms with Crippen LogP contribution in [0.25, 0.3) is 10.9 Å². The molecular weight excluding hydrogens is 186 g/mol. The fraction of sp³-hybridized carbons (Fsp3) is 0.154. The molecule has 0 atom stereocenters. The van der Waals surface area contributed by atoms with Crippen molar-refractivity contribution in [2.24, 2.45) is 0 Å². The second-order valence-electron chi connectivity index (χ2n) is 3.32. The summed E-state index contributed by atoms with van der Waals surface area (Å²) in [6.45, 7) is 1.86. The first-order valence-electron chi connectivity index (χ1n) is 4.77. The SMILES string of the molecule is Cc1ccc2cc(C#CCO)ccc2n1. The van der Waals surface area contributed by atoms with Crippen LogP contribution < -0.4 is 0 Å². The van der Waals surface area contributed by atoms with Gasteiger partial charge in [0.1, 0.15) is 6.61 Å². The van der Waals surface area contributed by atoms with Crippen molar-refractivity contribution in [1.82, 2.24) is 4.98 Å². The van der Waals surface area contributed by atoms with Crippen LogP contribution in [0.2, 0.25) is 0 Å². The molecule has 0 spiro atoms. The van der Waals surface area contributed by atoms with Gasteiger partial charge in [-0.25, -0.2) is 0 Å². The van der Waals surface area contributed by atoms with E-state index in [2.05, 4.69) is 16.8 Å². The summed E-state index contributed by atoms with van der Waals surface area (Å²) in [6, 6.07) is 9.85. The van der Waals surface area contributed by atoms with Crippen molar-refractivity contribution in [1.29, 1.82) is 0 Å². The number of benzene rings is 1. The van der Waals surface area contributed by atoms with Gasteiger partial charge in [0.15, 0.2) is 0 Å². The molecule has 0 saturated carbocycles. The summed E-state index contributed by atoms with van der Waals surface area (Å²) < 4.78 is 0. The Hall–Kier alpha value is -1.85. The first-order chi connectivity index (χ1) is 7.29. The van der Waals surface area contributed by atoms with E-state index in [1.807, 2.05) is 37.3 Å². The minimum Gasteiger partial charge on any atom is -0.384 e. The molecule has 74 valence electrons. The number of pyridine rings is 1.